The van der Waals surface area contributed by atoms with Crippen LogP contribution in [0.25, 0.3) is 6.08 Å². The predicted octanol–water partition coefficient (Wildman–Crippen LogP) is 5.54. The lowest BCUT2D eigenvalue weighted by atomic mass is 10.1. The van der Waals surface area contributed by atoms with Crippen LogP contribution in [0.5, 0.6) is 0 Å². The van der Waals surface area contributed by atoms with Gasteiger partial charge in [0.05, 0.1) is 12.2 Å². The normalized spacial score (nSPS) is 13.8. The molecule has 0 atom stereocenters. The van der Waals surface area contributed by atoms with Crippen molar-refractivity contribution in [2.45, 2.75) is 52.4 Å². The molecular formula is C23H27NO3S. The minimum Gasteiger partial charge on any atom is -0.462 e. The first-order valence-electron chi connectivity index (χ1n) is 9.96. The Labute approximate surface area is 170 Å². The van der Waals surface area contributed by atoms with E-state index in [1.54, 1.807) is 6.08 Å². The zero-order chi connectivity index (χ0) is 19.9. The summed E-state index contributed by atoms with van der Waals surface area (Å²) in [4.78, 5) is 26.4. The quantitative estimate of drug-likeness (QED) is 0.395. The third-order valence-corrected chi connectivity index (χ3v) is 6.01. The summed E-state index contributed by atoms with van der Waals surface area (Å²) in [5.41, 5.74) is 3.77. The van der Waals surface area contributed by atoms with E-state index in [-0.39, 0.29) is 11.9 Å². The number of fused-ring (bicyclic) bond motifs is 1. The molecule has 1 aliphatic rings. The van der Waals surface area contributed by atoms with E-state index >= 15 is 0 Å². The first-order valence-corrected chi connectivity index (χ1v) is 10.8. The van der Waals surface area contributed by atoms with Crippen LogP contribution in [0.2, 0.25) is 0 Å². The lowest BCUT2D eigenvalue weighted by molar-refractivity contribution is -0.111. The molecule has 1 aromatic heterocycles. The minimum atomic E-state index is -0.320. The van der Waals surface area contributed by atoms with E-state index in [2.05, 4.69) is 5.32 Å². The third-order valence-electron chi connectivity index (χ3n) is 4.80. The van der Waals surface area contributed by atoms with E-state index < -0.39 is 0 Å². The molecule has 0 saturated carbocycles. The summed E-state index contributed by atoms with van der Waals surface area (Å²) in [5.74, 6) is -0.555. The van der Waals surface area contributed by atoms with Crippen molar-refractivity contribution in [2.24, 2.45) is 0 Å². The molecule has 5 heteroatoms. The molecule has 0 unspecified atom stereocenters. The molecule has 1 amide bonds. The first-order chi connectivity index (χ1) is 13.6. The molecule has 1 aliphatic carbocycles. The van der Waals surface area contributed by atoms with Crippen molar-refractivity contribution in [3.8, 4) is 0 Å². The van der Waals surface area contributed by atoms with E-state index in [4.69, 9.17) is 4.74 Å². The van der Waals surface area contributed by atoms with Gasteiger partial charge in [0.2, 0.25) is 5.91 Å². The van der Waals surface area contributed by atoms with Crippen LogP contribution in [0.4, 0.5) is 5.00 Å². The van der Waals surface area contributed by atoms with Gasteiger partial charge in [-0.1, -0.05) is 43.2 Å². The van der Waals surface area contributed by atoms with E-state index in [1.165, 1.54) is 34.3 Å². The summed E-state index contributed by atoms with van der Waals surface area (Å²) in [6.07, 6.45) is 9.26. The lowest BCUT2D eigenvalue weighted by Crippen LogP contribution is -2.13. The number of rotatable bonds is 6. The molecule has 0 bridgehead atoms. The van der Waals surface area contributed by atoms with Gasteiger partial charge in [-0.05, 0) is 56.2 Å². The molecule has 2 aromatic rings. The highest BCUT2D eigenvalue weighted by molar-refractivity contribution is 7.17. The van der Waals surface area contributed by atoms with Gasteiger partial charge < -0.3 is 10.1 Å². The van der Waals surface area contributed by atoms with Crippen molar-refractivity contribution in [2.75, 3.05) is 11.9 Å². The molecule has 0 aliphatic heterocycles. The Morgan fingerprint density at radius 1 is 1.14 bits per heavy atom. The fraction of sp³-hybridized carbons (Fsp3) is 0.391. The van der Waals surface area contributed by atoms with Gasteiger partial charge in [-0.2, -0.15) is 0 Å². The lowest BCUT2D eigenvalue weighted by Gasteiger charge is -2.08. The SMILES string of the molecule is CCCOC(=O)c1c(NC(=O)/C=C/c2ccc(C)cc2)sc2c1CCCCC2. The molecule has 0 fully saturated rings. The van der Waals surface area contributed by atoms with Crippen LogP contribution in [0.1, 0.15) is 64.5 Å². The van der Waals surface area contributed by atoms with Crippen LogP contribution in [-0.4, -0.2) is 18.5 Å². The van der Waals surface area contributed by atoms with E-state index in [9.17, 15) is 9.59 Å². The van der Waals surface area contributed by atoms with E-state index in [0.29, 0.717) is 17.2 Å². The number of aryl methyl sites for hydroxylation is 2. The monoisotopic (exact) mass is 397 g/mol. The van der Waals surface area contributed by atoms with Crippen LogP contribution in [0.15, 0.2) is 30.3 Å². The standard InChI is InChI=1S/C23H27NO3S/c1-3-15-27-23(26)21-18-7-5-4-6-8-19(18)28-22(21)24-20(25)14-13-17-11-9-16(2)10-12-17/h9-14H,3-8,15H2,1-2H3,(H,24,25)/b14-13+. The number of esters is 1. The Morgan fingerprint density at radius 3 is 2.64 bits per heavy atom. The average Bonchev–Trinajstić information content (AvgIpc) is 2.86. The van der Waals surface area contributed by atoms with Crippen LogP contribution >= 0.6 is 11.3 Å². The number of ether oxygens (including phenoxy) is 1. The van der Waals surface area contributed by atoms with Crippen molar-refractivity contribution in [1.82, 2.24) is 0 Å². The number of nitrogens with one attached hydrogen (secondary N) is 1. The van der Waals surface area contributed by atoms with Gasteiger partial charge in [0, 0.05) is 11.0 Å². The van der Waals surface area contributed by atoms with Gasteiger partial charge in [0.15, 0.2) is 0 Å². The maximum absolute atomic E-state index is 12.7. The Balaban J connectivity index is 1.80. The summed E-state index contributed by atoms with van der Waals surface area (Å²) >= 11 is 1.52. The van der Waals surface area contributed by atoms with Crippen LogP contribution in [-0.2, 0) is 22.4 Å². The summed E-state index contributed by atoms with van der Waals surface area (Å²) in [6.45, 7) is 4.39. The summed E-state index contributed by atoms with van der Waals surface area (Å²) < 4.78 is 5.40. The Hall–Kier alpha value is -2.40. The van der Waals surface area contributed by atoms with Gasteiger partial charge in [-0.25, -0.2) is 4.79 Å². The van der Waals surface area contributed by atoms with Crippen LogP contribution < -0.4 is 5.32 Å². The smallest absolute Gasteiger partial charge is 0.341 e. The zero-order valence-electron chi connectivity index (χ0n) is 16.5. The third kappa shape index (κ3) is 5.10. The number of hydrogen-bond donors (Lipinski definition) is 1. The topological polar surface area (TPSA) is 55.4 Å². The van der Waals surface area contributed by atoms with E-state index in [0.717, 1.165) is 43.2 Å². The summed E-state index contributed by atoms with van der Waals surface area (Å²) in [6, 6.07) is 7.96. The number of amides is 1. The molecule has 4 nitrogen and oxygen atoms in total. The molecular weight excluding hydrogens is 370 g/mol. The predicted molar refractivity (Wildman–Crippen MR) is 115 cm³/mol. The Bertz CT molecular complexity index is 865. The van der Waals surface area contributed by atoms with Crippen molar-refractivity contribution < 1.29 is 14.3 Å². The molecule has 148 valence electrons. The first kappa shape index (κ1) is 20.3. The molecule has 1 aromatic carbocycles. The Morgan fingerprint density at radius 2 is 1.89 bits per heavy atom. The largest absolute Gasteiger partial charge is 0.462 e. The van der Waals surface area contributed by atoms with Gasteiger partial charge in [0.1, 0.15) is 5.00 Å². The number of thiophene rings is 1. The minimum absolute atomic E-state index is 0.235. The molecule has 0 saturated heterocycles. The number of carbonyl (C=O) groups is 2. The maximum atomic E-state index is 12.7. The second-order valence-electron chi connectivity index (χ2n) is 7.14. The highest BCUT2D eigenvalue weighted by Crippen LogP contribution is 2.38. The highest BCUT2D eigenvalue weighted by atomic mass is 32.1. The number of anilines is 1. The molecule has 3 rings (SSSR count). The number of carbonyl (C=O) groups excluding carboxylic acids is 2. The Kier molecular flexibility index (Phi) is 7.04. The molecule has 1 heterocycles. The van der Waals surface area contributed by atoms with Crippen molar-refractivity contribution in [1.29, 1.82) is 0 Å². The molecule has 0 spiro atoms. The van der Waals surface area contributed by atoms with Crippen molar-refractivity contribution >= 4 is 34.3 Å². The van der Waals surface area contributed by atoms with Crippen molar-refractivity contribution in [3.05, 3.63) is 57.5 Å². The van der Waals surface area contributed by atoms with Gasteiger partial charge in [-0.3, -0.25) is 4.79 Å². The second-order valence-corrected chi connectivity index (χ2v) is 8.24. The van der Waals surface area contributed by atoms with E-state index in [1.807, 2.05) is 38.1 Å². The second kappa shape index (κ2) is 9.69. The fourth-order valence-electron chi connectivity index (χ4n) is 3.32. The average molecular weight is 398 g/mol. The molecule has 28 heavy (non-hydrogen) atoms. The molecule has 1 N–H and O–H groups in total. The summed E-state index contributed by atoms with van der Waals surface area (Å²) in [7, 11) is 0. The van der Waals surface area contributed by atoms with Gasteiger partial charge in [-0.15, -0.1) is 11.3 Å². The fourth-order valence-corrected chi connectivity index (χ4v) is 4.60. The van der Waals surface area contributed by atoms with Crippen molar-refractivity contribution in [3.63, 3.8) is 0 Å². The van der Waals surface area contributed by atoms with Gasteiger partial charge in [0.25, 0.3) is 0 Å². The number of hydrogen-bond acceptors (Lipinski definition) is 4. The van der Waals surface area contributed by atoms with Gasteiger partial charge >= 0.3 is 5.97 Å². The maximum Gasteiger partial charge on any atom is 0.341 e. The number of benzene rings is 1. The molecule has 0 radical (unpaired) electrons. The summed E-state index contributed by atoms with van der Waals surface area (Å²) in [5, 5.41) is 3.54. The van der Waals surface area contributed by atoms with Crippen LogP contribution in [0.3, 0.4) is 0 Å². The highest BCUT2D eigenvalue weighted by Gasteiger charge is 2.26. The zero-order valence-corrected chi connectivity index (χ0v) is 17.4. The van der Waals surface area contributed by atoms with Crippen LogP contribution in [0, 0.1) is 6.92 Å².